The summed E-state index contributed by atoms with van der Waals surface area (Å²) in [5.74, 6) is 0. The van der Waals surface area contributed by atoms with Gasteiger partial charge < -0.3 is 10.2 Å². The average molecular weight is 314 g/mol. The zero-order valence-electron chi connectivity index (χ0n) is 13.3. The van der Waals surface area contributed by atoms with Crippen molar-refractivity contribution < 1.29 is 8.42 Å². The topological polar surface area (TPSA) is 74.3 Å². The quantitative estimate of drug-likeness (QED) is 0.723. The van der Waals surface area contributed by atoms with E-state index in [1.165, 1.54) is 6.20 Å². The normalized spacial score (nSPS) is 12.1. The van der Waals surface area contributed by atoms with Crippen molar-refractivity contribution in [1.29, 1.82) is 0 Å². The minimum Gasteiger partial charge on any atom is -0.384 e. The predicted octanol–water partition coefficient (Wildman–Crippen LogP) is 1.52. The van der Waals surface area contributed by atoms with Gasteiger partial charge in [0, 0.05) is 38.1 Å². The van der Waals surface area contributed by atoms with Gasteiger partial charge in [-0.15, -0.1) is 0 Å². The van der Waals surface area contributed by atoms with Crippen LogP contribution < -0.4 is 10.0 Å². The van der Waals surface area contributed by atoms with E-state index in [-0.39, 0.29) is 4.90 Å². The third-order valence-corrected chi connectivity index (χ3v) is 4.77. The fourth-order valence-corrected chi connectivity index (χ4v) is 2.84. The molecule has 0 amide bonds. The van der Waals surface area contributed by atoms with Crippen LogP contribution in [0.2, 0.25) is 0 Å². The van der Waals surface area contributed by atoms with Crippen LogP contribution in [0.5, 0.6) is 0 Å². The molecule has 0 aromatic carbocycles. The highest BCUT2D eigenvalue weighted by Gasteiger charge is 2.18. The summed E-state index contributed by atoms with van der Waals surface area (Å²) in [6.45, 7) is 7.93. The first kappa shape index (κ1) is 17.9. The third-order valence-electron chi connectivity index (χ3n) is 3.28. The maximum Gasteiger partial charge on any atom is 0.244 e. The molecular weight excluding hydrogens is 288 g/mol. The molecule has 21 heavy (non-hydrogen) atoms. The maximum absolute atomic E-state index is 12.4. The van der Waals surface area contributed by atoms with Gasteiger partial charge in [0.2, 0.25) is 10.0 Å². The van der Waals surface area contributed by atoms with E-state index >= 15 is 0 Å². The third kappa shape index (κ3) is 5.61. The molecule has 1 aromatic heterocycles. The molecule has 0 aliphatic heterocycles. The van der Waals surface area contributed by atoms with Gasteiger partial charge in [-0.1, -0.05) is 6.92 Å². The van der Waals surface area contributed by atoms with Crippen LogP contribution in [0.4, 0.5) is 5.69 Å². The molecule has 1 aromatic rings. The Morgan fingerprint density at radius 2 is 2.05 bits per heavy atom. The van der Waals surface area contributed by atoms with Gasteiger partial charge in [0.25, 0.3) is 0 Å². The number of nitrogens with one attached hydrogen (secondary N) is 2. The molecule has 120 valence electrons. The summed E-state index contributed by atoms with van der Waals surface area (Å²) in [4.78, 5) is 6.21. The van der Waals surface area contributed by atoms with Crippen molar-refractivity contribution in [2.45, 2.75) is 38.1 Å². The largest absolute Gasteiger partial charge is 0.384 e. The highest BCUT2D eigenvalue weighted by atomic mass is 32.2. The Hall–Kier alpha value is -1.18. The lowest BCUT2D eigenvalue weighted by molar-refractivity contribution is 0.278. The predicted molar refractivity (Wildman–Crippen MR) is 86.0 cm³/mol. The summed E-state index contributed by atoms with van der Waals surface area (Å²) >= 11 is 0. The molecule has 0 spiro atoms. The standard InChI is InChI=1S/C14H26N4O2S/c1-5-7-16-13-6-8-15-11-14(13)21(19,20)17-9-10-18(4)12(2)3/h6,8,11-12,17H,5,7,9-10H2,1-4H3,(H,15,16). The Labute approximate surface area is 128 Å². The van der Waals surface area contributed by atoms with Crippen LogP contribution in [0.25, 0.3) is 0 Å². The number of aromatic nitrogens is 1. The van der Waals surface area contributed by atoms with E-state index in [2.05, 4.69) is 33.8 Å². The SMILES string of the molecule is CCCNc1ccncc1S(=O)(=O)NCCN(C)C(C)C. The van der Waals surface area contributed by atoms with E-state index in [4.69, 9.17) is 0 Å². The first-order valence-electron chi connectivity index (χ1n) is 7.26. The molecule has 0 aliphatic carbocycles. The number of sulfonamides is 1. The Morgan fingerprint density at radius 1 is 1.33 bits per heavy atom. The molecule has 7 heteroatoms. The fraction of sp³-hybridized carbons (Fsp3) is 0.643. The summed E-state index contributed by atoms with van der Waals surface area (Å²) in [6, 6.07) is 2.07. The fourth-order valence-electron chi connectivity index (χ4n) is 1.69. The van der Waals surface area contributed by atoms with Gasteiger partial charge in [-0.05, 0) is 33.4 Å². The first-order valence-corrected chi connectivity index (χ1v) is 8.74. The van der Waals surface area contributed by atoms with E-state index < -0.39 is 10.0 Å². The molecule has 1 heterocycles. The van der Waals surface area contributed by atoms with E-state index in [1.54, 1.807) is 12.3 Å². The van der Waals surface area contributed by atoms with Crippen molar-refractivity contribution in [3.05, 3.63) is 18.5 Å². The van der Waals surface area contributed by atoms with Gasteiger partial charge in [-0.3, -0.25) is 4.98 Å². The minimum absolute atomic E-state index is 0.200. The number of nitrogens with zero attached hydrogens (tertiary/aromatic N) is 2. The number of pyridine rings is 1. The van der Waals surface area contributed by atoms with Crippen molar-refractivity contribution in [2.24, 2.45) is 0 Å². The molecule has 0 bridgehead atoms. The Morgan fingerprint density at radius 3 is 2.67 bits per heavy atom. The lowest BCUT2D eigenvalue weighted by Gasteiger charge is -2.21. The molecular formula is C14H26N4O2S. The molecule has 0 fully saturated rings. The number of rotatable bonds is 9. The second kappa shape index (κ2) is 8.31. The van der Waals surface area contributed by atoms with E-state index in [9.17, 15) is 8.42 Å². The van der Waals surface area contributed by atoms with Crippen LogP contribution in [0.3, 0.4) is 0 Å². The molecule has 0 saturated heterocycles. The van der Waals surface area contributed by atoms with Gasteiger partial charge in [0.15, 0.2) is 0 Å². The summed E-state index contributed by atoms with van der Waals surface area (Å²) in [5.41, 5.74) is 0.594. The van der Waals surface area contributed by atoms with Crippen LogP contribution in [-0.2, 0) is 10.0 Å². The summed E-state index contributed by atoms with van der Waals surface area (Å²) in [6.07, 6.45) is 3.89. The zero-order valence-corrected chi connectivity index (χ0v) is 14.1. The smallest absolute Gasteiger partial charge is 0.244 e. The van der Waals surface area contributed by atoms with Gasteiger partial charge >= 0.3 is 0 Å². The van der Waals surface area contributed by atoms with E-state index in [1.807, 2.05) is 14.0 Å². The van der Waals surface area contributed by atoms with Crippen LogP contribution in [0.1, 0.15) is 27.2 Å². The van der Waals surface area contributed by atoms with Crippen molar-refractivity contribution >= 4 is 15.7 Å². The summed E-state index contributed by atoms with van der Waals surface area (Å²) in [5, 5.41) is 3.12. The molecule has 0 radical (unpaired) electrons. The second-order valence-electron chi connectivity index (χ2n) is 5.27. The lowest BCUT2D eigenvalue weighted by Crippen LogP contribution is -2.36. The molecule has 1 rings (SSSR count). The molecule has 2 N–H and O–H groups in total. The second-order valence-corrected chi connectivity index (χ2v) is 7.01. The summed E-state index contributed by atoms with van der Waals surface area (Å²) in [7, 11) is -1.57. The monoisotopic (exact) mass is 314 g/mol. The van der Waals surface area contributed by atoms with Crippen molar-refractivity contribution in [3.63, 3.8) is 0 Å². The number of hydrogen-bond acceptors (Lipinski definition) is 5. The van der Waals surface area contributed by atoms with Crippen molar-refractivity contribution in [2.75, 3.05) is 32.0 Å². The molecule has 0 saturated carbocycles. The molecule has 6 nitrogen and oxygen atoms in total. The Balaban J connectivity index is 2.74. The summed E-state index contributed by atoms with van der Waals surface area (Å²) < 4.78 is 27.3. The van der Waals surface area contributed by atoms with Crippen LogP contribution >= 0.6 is 0 Å². The van der Waals surface area contributed by atoms with Gasteiger partial charge in [0.05, 0.1) is 5.69 Å². The molecule has 0 unspecified atom stereocenters. The van der Waals surface area contributed by atoms with Crippen molar-refractivity contribution in [3.8, 4) is 0 Å². The number of hydrogen-bond donors (Lipinski definition) is 2. The number of anilines is 1. The zero-order chi connectivity index (χ0) is 15.9. The Kier molecular flexibility index (Phi) is 7.07. The maximum atomic E-state index is 12.4. The van der Waals surface area contributed by atoms with Crippen molar-refractivity contribution in [1.82, 2.24) is 14.6 Å². The first-order chi connectivity index (χ1) is 9.88. The molecule has 0 aliphatic rings. The van der Waals surface area contributed by atoms with Gasteiger partial charge in [-0.2, -0.15) is 0 Å². The van der Waals surface area contributed by atoms with Gasteiger partial charge in [0.1, 0.15) is 4.90 Å². The van der Waals surface area contributed by atoms with Crippen LogP contribution in [-0.4, -0.2) is 51.0 Å². The van der Waals surface area contributed by atoms with Gasteiger partial charge in [-0.25, -0.2) is 13.1 Å². The lowest BCUT2D eigenvalue weighted by atomic mass is 10.3. The highest BCUT2D eigenvalue weighted by molar-refractivity contribution is 7.89. The minimum atomic E-state index is -3.54. The van der Waals surface area contributed by atoms with E-state index in [0.717, 1.165) is 13.0 Å². The Bertz CT molecular complexity index is 532. The highest BCUT2D eigenvalue weighted by Crippen LogP contribution is 2.19. The van der Waals surface area contributed by atoms with Crippen LogP contribution in [0, 0.1) is 0 Å². The average Bonchev–Trinajstić information content (AvgIpc) is 2.45. The van der Waals surface area contributed by atoms with E-state index in [0.29, 0.717) is 24.8 Å². The van der Waals surface area contributed by atoms with Crippen LogP contribution in [0.15, 0.2) is 23.4 Å². The molecule has 0 atom stereocenters. The number of likely N-dealkylation sites (N-methyl/N-ethyl adjacent to an activating group) is 1.